The fourth-order valence-electron chi connectivity index (χ4n) is 11.3. The van der Waals surface area contributed by atoms with Crippen LogP contribution in [0.15, 0.2) is 91.7 Å². The number of hydrogen-bond acceptors (Lipinski definition) is 0. The molecule has 0 unspecified atom stereocenters. The average Bonchev–Trinajstić information content (AvgIpc) is 3.95. The Labute approximate surface area is 427 Å². The van der Waals surface area contributed by atoms with E-state index in [1.807, 2.05) is 20.8 Å². The summed E-state index contributed by atoms with van der Waals surface area (Å²) in [5.74, 6) is 0. The Kier molecular flexibility index (Phi) is 28.6. The fraction of sp³-hybridized carbons (Fsp3) is 0.692. The van der Waals surface area contributed by atoms with Crippen molar-refractivity contribution in [3.8, 4) is 0 Å². The summed E-state index contributed by atoms with van der Waals surface area (Å²) in [6, 6.07) is 19.0. The third-order valence-corrected chi connectivity index (χ3v) is 37.9. The second-order valence-electron chi connectivity index (χ2n) is 20.4. The van der Waals surface area contributed by atoms with Gasteiger partial charge in [-0.05, 0) is 53.4 Å². The van der Waals surface area contributed by atoms with Gasteiger partial charge in [0.1, 0.15) is 0 Å². The maximum Gasteiger partial charge on any atom is 0.0862 e. The molecule has 8 aliphatic rings. The molecule has 0 N–H and O–H groups in total. The van der Waals surface area contributed by atoms with Gasteiger partial charge in [-0.25, -0.2) is 0 Å². The molecule has 0 aromatic rings. The van der Waals surface area contributed by atoms with Gasteiger partial charge in [0.05, 0.1) is 32.3 Å². The van der Waals surface area contributed by atoms with Crippen LogP contribution >= 0.6 is 0 Å². The third kappa shape index (κ3) is 15.6. The molecule has 0 bridgehead atoms. The van der Waals surface area contributed by atoms with Gasteiger partial charge in [0, 0.05) is 52.4 Å². The molecule has 0 atom stereocenters. The smallest absolute Gasteiger partial charge is 0.0862 e. The summed E-state index contributed by atoms with van der Waals surface area (Å²) in [5.41, 5.74) is 6.37. The van der Waals surface area contributed by atoms with Gasteiger partial charge in [0.15, 0.2) is 0 Å². The van der Waals surface area contributed by atoms with E-state index in [1.165, 1.54) is 103 Å². The maximum atomic E-state index is 2.54. The first-order valence-electron chi connectivity index (χ1n) is 24.6. The molecular weight excluding hydrogens is 990 g/mol. The molecule has 0 aromatic carbocycles. The summed E-state index contributed by atoms with van der Waals surface area (Å²) in [6.45, 7) is 18.4. The van der Waals surface area contributed by atoms with Crippen LogP contribution in [0.1, 0.15) is 158 Å². The van der Waals surface area contributed by atoms with Crippen molar-refractivity contribution in [2.45, 2.75) is 231 Å². The monoisotopic (exact) mass is 1070 g/mol. The summed E-state index contributed by atoms with van der Waals surface area (Å²) in [4.78, 5) is 0. The summed E-state index contributed by atoms with van der Waals surface area (Å²) < 4.78 is 0. The average molecular weight is 1080 g/mol. The normalized spacial score (nSPS) is 22.5. The van der Waals surface area contributed by atoms with E-state index in [4.69, 9.17) is 0 Å². The Morgan fingerprint density at radius 2 is 0.533 bits per heavy atom. The van der Waals surface area contributed by atoms with Crippen LogP contribution in [-0.4, -0.2) is 32.3 Å². The van der Waals surface area contributed by atoms with E-state index in [0.29, 0.717) is 0 Å². The standard InChI is InChI=1S/4C13H22Si.2ClH.2Zr/c4*1-3-4-8-14(9-5-10-14)13-7-6-12(2)11-13;;;;/h4*7,11H,3-6,8-10H2,1-2H3;2*1H;;/p-2. The van der Waals surface area contributed by atoms with Gasteiger partial charge in [-0.15, -0.1) is 0 Å². The molecule has 4 aliphatic heterocycles. The molecule has 0 radical (unpaired) electrons. The minimum atomic E-state index is -0.888. The zero-order valence-corrected chi connectivity index (χ0v) is 50.6. The van der Waals surface area contributed by atoms with Crippen molar-refractivity contribution in [2.75, 3.05) is 0 Å². The van der Waals surface area contributed by atoms with Gasteiger partial charge in [-0.2, -0.15) is 0 Å². The van der Waals surface area contributed by atoms with Crippen molar-refractivity contribution in [2.24, 2.45) is 0 Å². The van der Waals surface area contributed by atoms with E-state index in [1.54, 1.807) is 94.8 Å². The molecule has 4 heterocycles. The van der Waals surface area contributed by atoms with E-state index in [-0.39, 0.29) is 77.2 Å². The van der Waals surface area contributed by atoms with E-state index in [0.717, 1.165) is 0 Å². The van der Waals surface area contributed by atoms with Crippen LogP contribution in [0.3, 0.4) is 0 Å². The van der Waals surface area contributed by atoms with Crippen LogP contribution in [-0.2, 0) is 52.4 Å². The Balaban J connectivity index is 0.000000391. The Morgan fingerprint density at radius 3 is 0.633 bits per heavy atom. The van der Waals surface area contributed by atoms with Crippen LogP contribution in [0, 0.1) is 0 Å². The third-order valence-electron chi connectivity index (χ3n) is 15.9. The van der Waals surface area contributed by atoms with Crippen molar-refractivity contribution in [1.82, 2.24) is 0 Å². The summed E-state index contributed by atoms with van der Waals surface area (Å²) in [5, 5.41) is 7.26. The van der Waals surface area contributed by atoms with Crippen LogP contribution in [0.25, 0.3) is 0 Å². The summed E-state index contributed by atoms with van der Waals surface area (Å²) in [7, 11) is -3.55. The number of unbranched alkanes of at least 4 members (excludes halogenated alkanes) is 4. The Hall–Kier alpha value is 1.13. The molecule has 4 aliphatic carbocycles. The molecule has 0 aromatic heterocycles. The zero-order valence-electron chi connectivity index (χ0n) is 40.2. The predicted octanol–water partition coefficient (Wildman–Crippen LogP) is 11.8. The topological polar surface area (TPSA) is 0 Å². The fourth-order valence-corrected chi connectivity index (χ4v) is 30.1. The van der Waals surface area contributed by atoms with Gasteiger partial charge in [-0.1, -0.05) is 269 Å². The van der Waals surface area contributed by atoms with Gasteiger partial charge < -0.3 is 24.8 Å². The molecule has 4 fully saturated rings. The van der Waals surface area contributed by atoms with E-state index < -0.39 is 32.3 Å². The first-order valence-corrected chi connectivity index (χ1v) is 35.1. The van der Waals surface area contributed by atoms with E-state index >= 15 is 0 Å². The quantitative estimate of drug-likeness (QED) is 0.135. The first kappa shape index (κ1) is 59.2. The van der Waals surface area contributed by atoms with Crippen LogP contribution in [0.2, 0.25) is 72.5 Å². The van der Waals surface area contributed by atoms with E-state index in [9.17, 15) is 0 Å². The summed E-state index contributed by atoms with van der Waals surface area (Å²) in [6.07, 6.45) is 42.6. The van der Waals surface area contributed by atoms with Crippen molar-refractivity contribution < 1.29 is 77.2 Å². The number of halogens is 2. The van der Waals surface area contributed by atoms with E-state index in [2.05, 4.69) is 104 Å². The van der Waals surface area contributed by atoms with Crippen molar-refractivity contribution in [3.63, 3.8) is 0 Å². The van der Waals surface area contributed by atoms with Gasteiger partial charge in [0.2, 0.25) is 0 Å². The number of allylic oxidation sites excluding steroid dienone is 16. The maximum absolute atomic E-state index is 2.54. The minimum Gasteiger partial charge on any atom is -1.00 e. The molecular formula is C52H88Cl2Si4Zr2-2. The second kappa shape index (κ2) is 29.0. The molecule has 0 amide bonds. The van der Waals surface area contributed by atoms with Gasteiger partial charge in [-0.3, -0.25) is 0 Å². The van der Waals surface area contributed by atoms with Crippen molar-refractivity contribution in [3.05, 3.63) is 91.7 Å². The van der Waals surface area contributed by atoms with Crippen LogP contribution in [0.4, 0.5) is 0 Å². The van der Waals surface area contributed by atoms with Crippen LogP contribution < -0.4 is 24.8 Å². The van der Waals surface area contributed by atoms with Crippen molar-refractivity contribution in [1.29, 1.82) is 0 Å². The SMILES string of the molecule is CCCC[Si]1(C2=CCC(C)=C2)CCC1.CCCC[Si]1(C2=CCC(C)=C2)CCC1.CCCC[Si]1(C2=CCC(C)=C2)CCC1.CCCC[Si]1(C2=CCC(C)=C2)CCC1.[Cl-].[Cl-].[Zr].[Zr]. The molecule has 336 valence electrons. The predicted molar refractivity (Wildman–Crippen MR) is 265 cm³/mol. The summed E-state index contributed by atoms with van der Waals surface area (Å²) >= 11 is 0. The van der Waals surface area contributed by atoms with Crippen molar-refractivity contribution >= 4 is 32.3 Å². The molecule has 8 rings (SSSR count). The Bertz CT molecular complexity index is 1330. The Morgan fingerprint density at radius 1 is 0.350 bits per heavy atom. The minimum absolute atomic E-state index is 0. The first-order chi connectivity index (χ1) is 27.1. The largest absolute Gasteiger partial charge is 1.00 e. The molecule has 4 saturated heterocycles. The molecule has 0 saturated carbocycles. The second-order valence-corrected chi connectivity index (χ2v) is 38.9. The molecule has 0 spiro atoms. The van der Waals surface area contributed by atoms with Gasteiger partial charge in [0.25, 0.3) is 0 Å². The van der Waals surface area contributed by atoms with Crippen LogP contribution in [0.5, 0.6) is 0 Å². The number of rotatable bonds is 16. The zero-order chi connectivity index (χ0) is 40.1. The molecule has 0 nitrogen and oxygen atoms in total. The molecule has 8 heteroatoms. The number of hydrogen-bond donors (Lipinski definition) is 0. The van der Waals surface area contributed by atoms with Gasteiger partial charge >= 0.3 is 0 Å². The molecule has 60 heavy (non-hydrogen) atoms.